The van der Waals surface area contributed by atoms with Crippen molar-refractivity contribution in [2.45, 2.75) is 45.4 Å². The molecule has 11 nitrogen and oxygen atoms in total. The molecule has 1 saturated heterocycles. The molecule has 2 aromatic carbocycles. The lowest BCUT2D eigenvalue weighted by molar-refractivity contribution is -0.132. The highest BCUT2D eigenvalue weighted by Gasteiger charge is 2.24. The van der Waals surface area contributed by atoms with E-state index in [1.807, 2.05) is 66.0 Å². The van der Waals surface area contributed by atoms with Crippen molar-refractivity contribution in [3.05, 3.63) is 72.2 Å². The van der Waals surface area contributed by atoms with E-state index in [1.165, 1.54) is 6.20 Å². The molecule has 0 saturated carbocycles. The fourth-order valence-electron chi connectivity index (χ4n) is 5.11. The number of carbonyl (C=O) groups excluding carboxylic acids is 1. The number of benzene rings is 2. The number of piperidine rings is 1. The van der Waals surface area contributed by atoms with Gasteiger partial charge in [-0.25, -0.2) is 4.98 Å². The summed E-state index contributed by atoms with van der Waals surface area (Å²) in [5, 5.41) is 21.3. The molecule has 214 valence electrons. The average Bonchev–Trinajstić information content (AvgIpc) is 3.46. The smallest absolute Gasteiger partial charge is 0.229 e. The second-order valence-corrected chi connectivity index (χ2v) is 10.1. The summed E-state index contributed by atoms with van der Waals surface area (Å²) in [4.78, 5) is 23.1. The number of aliphatic hydroxyl groups is 1. The molecule has 4 aromatic rings. The number of anilines is 4. The van der Waals surface area contributed by atoms with E-state index >= 15 is 0 Å². The Morgan fingerprint density at radius 3 is 2.73 bits per heavy atom. The summed E-state index contributed by atoms with van der Waals surface area (Å²) >= 11 is 0. The minimum Gasteiger partial charge on any atom is -0.495 e. The molecule has 1 aliphatic rings. The third-order valence-corrected chi connectivity index (χ3v) is 7.29. The molecule has 1 aliphatic heterocycles. The van der Waals surface area contributed by atoms with E-state index in [2.05, 4.69) is 31.8 Å². The molecular formula is C30H36N8O3. The van der Waals surface area contributed by atoms with E-state index < -0.39 is 6.23 Å². The maximum Gasteiger partial charge on any atom is 0.229 e. The van der Waals surface area contributed by atoms with Gasteiger partial charge in [-0.2, -0.15) is 10.1 Å². The van der Waals surface area contributed by atoms with Crippen LogP contribution in [-0.2, 0) is 4.79 Å². The second kappa shape index (κ2) is 12.4. The van der Waals surface area contributed by atoms with Crippen molar-refractivity contribution in [1.29, 1.82) is 0 Å². The molecule has 0 aliphatic carbocycles. The molecule has 2 atom stereocenters. The van der Waals surface area contributed by atoms with Crippen LogP contribution in [0.25, 0.3) is 11.1 Å². The van der Waals surface area contributed by atoms with Gasteiger partial charge in [0.2, 0.25) is 11.9 Å². The zero-order chi connectivity index (χ0) is 28.9. The number of carbonyl (C=O) groups is 1. The van der Waals surface area contributed by atoms with Crippen LogP contribution in [0.3, 0.4) is 0 Å². The molecule has 0 bridgehead atoms. The second-order valence-electron chi connectivity index (χ2n) is 10.1. The fraction of sp³-hybridized carbons (Fsp3) is 0.333. The Balaban J connectivity index is 1.38. The molecular weight excluding hydrogens is 520 g/mol. The molecule has 2 aromatic heterocycles. The molecule has 0 radical (unpaired) electrons. The zero-order valence-electron chi connectivity index (χ0n) is 23.5. The molecule has 5 rings (SSSR count). The first kappa shape index (κ1) is 28.1. The number of nitrogens with two attached hydrogens (primary N) is 1. The summed E-state index contributed by atoms with van der Waals surface area (Å²) < 4.78 is 7.61. The Morgan fingerprint density at radius 2 is 2.00 bits per heavy atom. The number of hydrogen-bond donors (Lipinski definition) is 4. The molecule has 0 spiro atoms. The first-order valence-corrected chi connectivity index (χ1v) is 13.8. The molecule has 41 heavy (non-hydrogen) atoms. The van der Waals surface area contributed by atoms with E-state index in [0.29, 0.717) is 47.4 Å². The van der Waals surface area contributed by atoms with Gasteiger partial charge >= 0.3 is 0 Å². The number of methoxy groups -OCH3 is 1. The summed E-state index contributed by atoms with van der Waals surface area (Å²) in [5.74, 6) is 1.44. The SMILES string of the molecule is CCC(=O)N1CCC[C@H](n2cc(Nc3ncc(C(N)O)c(Nc4c(C)cc(-c5ccccc5)cc4OC)n3)cn2)C1. The maximum absolute atomic E-state index is 12.2. The molecule has 1 fully saturated rings. The van der Waals surface area contributed by atoms with Gasteiger partial charge in [0, 0.05) is 31.9 Å². The predicted octanol–water partition coefficient (Wildman–Crippen LogP) is 4.67. The Kier molecular flexibility index (Phi) is 8.46. The van der Waals surface area contributed by atoms with Gasteiger partial charge in [-0.05, 0) is 48.6 Å². The number of rotatable bonds is 9. The Morgan fingerprint density at radius 1 is 1.20 bits per heavy atom. The molecule has 5 N–H and O–H groups in total. The third kappa shape index (κ3) is 6.31. The summed E-state index contributed by atoms with van der Waals surface area (Å²) in [6, 6.07) is 14.2. The maximum atomic E-state index is 12.2. The van der Waals surface area contributed by atoms with Crippen molar-refractivity contribution in [3.8, 4) is 16.9 Å². The van der Waals surface area contributed by atoms with Crippen molar-refractivity contribution in [1.82, 2.24) is 24.6 Å². The monoisotopic (exact) mass is 556 g/mol. The summed E-state index contributed by atoms with van der Waals surface area (Å²) in [6.07, 6.45) is 6.19. The number of aryl methyl sites for hydroxylation is 1. The van der Waals surface area contributed by atoms with Crippen LogP contribution >= 0.6 is 0 Å². The molecule has 1 amide bonds. The molecule has 1 unspecified atom stereocenters. The van der Waals surface area contributed by atoms with Crippen LogP contribution in [0.15, 0.2) is 61.1 Å². The van der Waals surface area contributed by atoms with Gasteiger partial charge in [0.1, 0.15) is 17.8 Å². The number of ether oxygens (including phenoxy) is 1. The zero-order valence-corrected chi connectivity index (χ0v) is 23.5. The minimum absolute atomic E-state index is 0.108. The van der Waals surface area contributed by atoms with Crippen LogP contribution < -0.4 is 21.1 Å². The number of hydrogen-bond acceptors (Lipinski definition) is 9. The normalized spacial score (nSPS) is 15.8. The first-order chi connectivity index (χ1) is 19.9. The predicted molar refractivity (Wildman–Crippen MR) is 158 cm³/mol. The first-order valence-electron chi connectivity index (χ1n) is 13.8. The topological polar surface area (TPSA) is 143 Å². The van der Waals surface area contributed by atoms with Gasteiger partial charge in [0.05, 0.1) is 36.3 Å². The van der Waals surface area contributed by atoms with E-state index in [-0.39, 0.29) is 11.9 Å². The van der Waals surface area contributed by atoms with E-state index in [0.717, 1.165) is 36.1 Å². The van der Waals surface area contributed by atoms with Crippen molar-refractivity contribution in [3.63, 3.8) is 0 Å². The van der Waals surface area contributed by atoms with E-state index in [4.69, 9.17) is 10.5 Å². The molecule has 11 heteroatoms. The summed E-state index contributed by atoms with van der Waals surface area (Å²) in [7, 11) is 1.61. The lowest BCUT2D eigenvalue weighted by atomic mass is 10.0. The summed E-state index contributed by atoms with van der Waals surface area (Å²) in [5.41, 5.74) is 10.6. The molecule has 3 heterocycles. The Labute approximate surface area is 239 Å². The Hall–Kier alpha value is -4.48. The van der Waals surface area contributed by atoms with Crippen LogP contribution in [0.4, 0.5) is 23.1 Å². The van der Waals surface area contributed by atoms with Gasteiger partial charge in [-0.15, -0.1) is 0 Å². The van der Waals surface area contributed by atoms with Crippen molar-refractivity contribution < 1.29 is 14.6 Å². The lowest BCUT2D eigenvalue weighted by Gasteiger charge is -2.32. The highest BCUT2D eigenvalue weighted by molar-refractivity contribution is 5.77. The van der Waals surface area contributed by atoms with E-state index in [9.17, 15) is 9.90 Å². The number of aromatic nitrogens is 4. The van der Waals surface area contributed by atoms with Gasteiger partial charge < -0.3 is 31.1 Å². The van der Waals surface area contributed by atoms with Crippen LogP contribution in [-0.4, -0.2) is 55.9 Å². The third-order valence-electron chi connectivity index (χ3n) is 7.29. The number of aliphatic hydroxyl groups excluding tert-OH is 1. The quantitative estimate of drug-likeness (QED) is 0.216. The number of amides is 1. The van der Waals surface area contributed by atoms with Crippen LogP contribution in [0.2, 0.25) is 0 Å². The number of nitrogens with zero attached hydrogens (tertiary/aromatic N) is 5. The average molecular weight is 557 g/mol. The Bertz CT molecular complexity index is 1510. The van der Waals surface area contributed by atoms with Gasteiger partial charge in [-0.1, -0.05) is 37.3 Å². The number of nitrogens with one attached hydrogen (secondary N) is 2. The largest absolute Gasteiger partial charge is 0.495 e. The van der Waals surface area contributed by atoms with Crippen LogP contribution in [0.5, 0.6) is 5.75 Å². The summed E-state index contributed by atoms with van der Waals surface area (Å²) in [6.45, 7) is 5.30. The van der Waals surface area contributed by atoms with Crippen LogP contribution in [0.1, 0.15) is 49.6 Å². The van der Waals surface area contributed by atoms with Crippen LogP contribution in [0, 0.1) is 6.92 Å². The standard InChI is InChI=1S/C30H36N8O3/c1-4-26(39)37-12-8-11-23(18-37)38-17-22(15-33-38)34-30-32-16-24(28(31)40)29(36-30)35-27-19(2)13-21(14-25(27)41-3)20-9-6-5-7-10-20/h5-7,9-10,13-17,23,28,40H,4,8,11-12,18,31H2,1-3H3,(H2,32,34,35,36)/t23-,28?/m0/s1. The number of likely N-dealkylation sites (tertiary alicyclic amines) is 1. The highest BCUT2D eigenvalue weighted by atomic mass is 16.5. The lowest BCUT2D eigenvalue weighted by Crippen LogP contribution is -2.40. The fourth-order valence-corrected chi connectivity index (χ4v) is 5.11. The van der Waals surface area contributed by atoms with Gasteiger partial charge in [0.15, 0.2) is 0 Å². The van der Waals surface area contributed by atoms with E-state index in [1.54, 1.807) is 13.3 Å². The van der Waals surface area contributed by atoms with Gasteiger partial charge in [-0.3, -0.25) is 9.48 Å². The minimum atomic E-state index is -1.29. The van der Waals surface area contributed by atoms with Crippen molar-refractivity contribution in [2.24, 2.45) is 5.73 Å². The van der Waals surface area contributed by atoms with Crippen molar-refractivity contribution in [2.75, 3.05) is 30.8 Å². The van der Waals surface area contributed by atoms with Crippen molar-refractivity contribution >= 4 is 29.0 Å². The highest BCUT2D eigenvalue weighted by Crippen LogP contribution is 2.37. The van der Waals surface area contributed by atoms with Gasteiger partial charge in [0.25, 0.3) is 0 Å².